The Morgan fingerprint density at radius 2 is 1.91 bits per heavy atom. The van der Waals surface area contributed by atoms with Crippen molar-refractivity contribution < 1.29 is 0 Å². The van der Waals surface area contributed by atoms with Crippen molar-refractivity contribution in [3.05, 3.63) is 12.2 Å². The molecule has 0 saturated heterocycles. The number of hydrogen-bond acceptors (Lipinski definition) is 0. The van der Waals surface area contributed by atoms with Gasteiger partial charge in [-0.2, -0.15) is 0 Å². The number of alkyl halides is 1. The van der Waals surface area contributed by atoms with Crippen LogP contribution in [0.4, 0.5) is 0 Å². The predicted octanol–water partition coefficient (Wildman–Crippen LogP) is 3.61. The van der Waals surface area contributed by atoms with Gasteiger partial charge in [0.15, 0.2) is 0 Å². The van der Waals surface area contributed by atoms with Gasteiger partial charge in [0.1, 0.15) is 0 Å². The molecule has 0 atom stereocenters. The third-order valence-corrected chi connectivity index (χ3v) is 3.20. The van der Waals surface area contributed by atoms with E-state index in [-0.39, 0.29) is 0 Å². The SMILES string of the molecule is C=C(C)C1CCC(CCl)CC1. The van der Waals surface area contributed by atoms with Gasteiger partial charge in [-0.3, -0.25) is 0 Å². The van der Waals surface area contributed by atoms with Gasteiger partial charge < -0.3 is 0 Å². The summed E-state index contributed by atoms with van der Waals surface area (Å²) in [5.74, 6) is 2.42. The average molecular weight is 173 g/mol. The molecule has 0 radical (unpaired) electrons. The highest BCUT2D eigenvalue weighted by molar-refractivity contribution is 6.18. The molecule has 0 aromatic heterocycles. The Morgan fingerprint density at radius 1 is 1.36 bits per heavy atom. The molecule has 0 bridgehead atoms. The van der Waals surface area contributed by atoms with E-state index in [2.05, 4.69) is 13.5 Å². The van der Waals surface area contributed by atoms with E-state index in [1.807, 2.05) is 0 Å². The second kappa shape index (κ2) is 4.15. The summed E-state index contributed by atoms with van der Waals surface area (Å²) in [6, 6.07) is 0. The fourth-order valence-electron chi connectivity index (χ4n) is 1.81. The van der Waals surface area contributed by atoms with Crippen LogP contribution in [0.3, 0.4) is 0 Å². The quantitative estimate of drug-likeness (QED) is 0.441. The summed E-state index contributed by atoms with van der Waals surface area (Å²) < 4.78 is 0. The third-order valence-electron chi connectivity index (χ3n) is 2.76. The van der Waals surface area contributed by atoms with Gasteiger partial charge in [0.25, 0.3) is 0 Å². The van der Waals surface area contributed by atoms with E-state index >= 15 is 0 Å². The fourth-order valence-corrected chi connectivity index (χ4v) is 2.12. The van der Waals surface area contributed by atoms with E-state index in [1.165, 1.54) is 31.3 Å². The molecule has 0 spiro atoms. The lowest BCUT2D eigenvalue weighted by atomic mass is 9.80. The highest BCUT2D eigenvalue weighted by atomic mass is 35.5. The molecule has 1 saturated carbocycles. The highest BCUT2D eigenvalue weighted by Crippen LogP contribution is 2.32. The Labute approximate surface area is 74.6 Å². The van der Waals surface area contributed by atoms with Gasteiger partial charge in [0.2, 0.25) is 0 Å². The zero-order chi connectivity index (χ0) is 8.27. The van der Waals surface area contributed by atoms with Crippen LogP contribution in [-0.2, 0) is 0 Å². The van der Waals surface area contributed by atoms with Crippen molar-refractivity contribution in [1.82, 2.24) is 0 Å². The van der Waals surface area contributed by atoms with Crippen molar-refractivity contribution >= 4 is 11.6 Å². The minimum atomic E-state index is 0.785. The molecule has 0 aromatic rings. The Kier molecular flexibility index (Phi) is 3.45. The zero-order valence-electron chi connectivity index (χ0n) is 7.28. The van der Waals surface area contributed by atoms with E-state index in [4.69, 9.17) is 11.6 Å². The standard InChI is InChI=1S/C10H17Cl/c1-8(2)10-5-3-9(7-11)4-6-10/h9-10H,1,3-7H2,2H3. The van der Waals surface area contributed by atoms with Crippen LogP contribution < -0.4 is 0 Å². The zero-order valence-corrected chi connectivity index (χ0v) is 8.03. The van der Waals surface area contributed by atoms with Gasteiger partial charge in [-0.15, -0.1) is 11.6 Å². The normalized spacial score (nSPS) is 31.8. The Bertz CT molecular complexity index is 132. The van der Waals surface area contributed by atoms with Crippen LogP contribution in [0.25, 0.3) is 0 Å². The molecule has 0 unspecified atom stereocenters. The van der Waals surface area contributed by atoms with E-state index in [0.717, 1.165) is 17.7 Å². The van der Waals surface area contributed by atoms with E-state index < -0.39 is 0 Å². The first-order valence-corrected chi connectivity index (χ1v) is 4.99. The van der Waals surface area contributed by atoms with Crippen LogP contribution in [0.5, 0.6) is 0 Å². The summed E-state index contributed by atoms with van der Waals surface area (Å²) in [7, 11) is 0. The average Bonchev–Trinajstić information content (AvgIpc) is 2.05. The first kappa shape index (κ1) is 9.12. The molecule has 0 heterocycles. The first-order chi connectivity index (χ1) is 5.24. The lowest BCUT2D eigenvalue weighted by Crippen LogP contribution is -2.15. The predicted molar refractivity (Wildman–Crippen MR) is 51.0 cm³/mol. The lowest BCUT2D eigenvalue weighted by molar-refractivity contribution is 0.323. The molecule has 1 heteroatoms. The lowest BCUT2D eigenvalue weighted by Gasteiger charge is -2.27. The molecule has 0 N–H and O–H groups in total. The van der Waals surface area contributed by atoms with Crippen molar-refractivity contribution in [2.45, 2.75) is 32.6 Å². The minimum Gasteiger partial charge on any atom is -0.126 e. The molecule has 64 valence electrons. The van der Waals surface area contributed by atoms with Gasteiger partial charge in [0.05, 0.1) is 0 Å². The van der Waals surface area contributed by atoms with Gasteiger partial charge in [0, 0.05) is 5.88 Å². The number of halogens is 1. The topological polar surface area (TPSA) is 0 Å². The van der Waals surface area contributed by atoms with Crippen molar-refractivity contribution in [1.29, 1.82) is 0 Å². The number of allylic oxidation sites excluding steroid dienone is 1. The van der Waals surface area contributed by atoms with E-state index in [0.29, 0.717) is 0 Å². The molecule has 0 aromatic carbocycles. The third kappa shape index (κ3) is 2.52. The maximum Gasteiger partial charge on any atom is 0.0251 e. The summed E-state index contributed by atoms with van der Waals surface area (Å²) in [5, 5.41) is 0. The monoisotopic (exact) mass is 172 g/mol. The smallest absolute Gasteiger partial charge is 0.0251 e. The van der Waals surface area contributed by atoms with E-state index in [9.17, 15) is 0 Å². The van der Waals surface area contributed by atoms with E-state index in [1.54, 1.807) is 0 Å². The minimum absolute atomic E-state index is 0.785. The van der Waals surface area contributed by atoms with Crippen molar-refractivity contribution in [2.24, 2.45) is 11.8 Å². The number of hydrogen-bond donors (Lipinski definition) is 0. The van der Waals surface area contributed by atoms with Gasteiger partial charge in [-0.25, -0.2) is 0 Å². The van der Waals surface area contributed by atoms with Crippen LogP contribution in [0.2, 0.25) is 0 Å². The maximum atomic E-state index is 5.79. The molecule has 1 aliphatic carbocycles. The van der Waals surface area contributed by atoms with Crippen molar-refractivity contribution in [2.75, 3.05) is 5.88 Å². The van der Waals surface area contributed by atoms with Crippen molar-refractivity contribution in [3.8, 4) is 0 Å². The summed E-state index contributed by atoms with van der Waals surface area (Å²) in [4.78, 5) is 0. The molecule has 0 amide bonds. The largest absolute Gasteiger partial charge is 0.126 e. The molecule has 11 heavy (non-hydrogen) atoms. The molecule has 1 fully saturated rings. The molecular weight excluding hydrogens is 156 g/mol. The molecule has 1 aliphatic rings. The van der Waals surface area contributed by atoms with Gasteiger partial charge >= 0.3 is 0 Å². The molecule has 1 rings (SSSR count). The number of rotatable bonds is 2. The van der Waals surface area contributed by atoms with Crippen LogP contribution in [0.1, 0.15) is 32.6 Å². The Morgan fingerprint density at radius 3 is 2.27 bits per heavy atom. The van der Waals surface area contributed by atoms with Crippen LogP contribution in [0.15, 0.2) is 12.2 Å². The second-order valence-electron chi connectivity index (χ2n) is 3.72. The summed E-state index contributed by atoms with van der Waals surface area (Å²) in [6.45, 7) is 6.14. The maximum absolute atomic E-state index is 5.79. The first-order valence-electron chi connectivity index (χ1n) is 4.45. The van der Waals surface area contributed by atoms with Gasteiger partial charge in [-0.05, 0) is 44.4 Å². The summed E-state index contributed by atoms with van der Waals surface area (Å²) in [5.41, 5.74) is 1.36. The van der Waals surface area contributed by atoms with Crippen LogP contribution in [-0.4, -0.2) is 5.88 Å². The van der Waals surface area contributed by atoms with Crippen LogP contribution in [0, 0.1) is 11.8 Å². The molecule has 0 aliphatic heterocycles. The fraction of sp³-hybridized carbons (Fsp3) is 0.800. The molecule has 0 nitrogen and oxygen atoms in total. The summed E-state index contributed by atoms with van der Waals surface area (Å²) in [6.07, 6.45) is 5.24. The Balaban J connectivity index is 2.30. The Hall–Kier alpha value is 0.0300. The van der Waals surface area contributed by atoms with Crippen molar-refractivity contribution in [3.63, 3.8) is 0 Å². The van der Waals surface area contributed by atoms with Crippen LogP contribution >= 0.6 is 11.6 Å². The summed E-state index contributed by atoms with van der Waals surface area (Å²) >= 11 is 5.79. The molecular formula is C10H17Cl. The van der Waals surface area contributed by atoms with Gasteiger partial charge in [-0.1, -0.05) is 12.2 Å². The highest BCUT2D eigenvalue weighted by Gasteiger charge is 2.20. The second-order valence-corrected chi connectivity index (χ2v) is 4.03.